The minimum Gasteiger partial charge on any atom is -0.423 e. The normalized spacial score (nSPS) is 13.3. The van der Waals surface area contributed by atoms with Gasteiger partial charge in [0.15, 0.2) is 0 Å². The molecule has 1 amide bonds. The average Bonchev–Trinajstić information content (AvgIpc) is 2.54. The number of anilines is 1. The Kier molecular flexibility index (Phi) is 4.15. The van der Waals surface area contributed by atoms with E-state index in [1.807, 2.05) is 12.1 Å². The summed E-state index contributed by atoms with van der Waals surface area (Å²) in [5.74, 6) is 0.494. The predicted octanol–water partition coefficient (Wildman–Crippen LogP) is 0.436. The highest BCUT2D eigenvalue weighted by Gasteiger charge is 2.19. The van der Waals surface area contributed by atoms with Crippen molar-refractivity contribution in [2.75, 3.05) is 10.9 Å². The van der Waals surface area contributed by atoms with E-state index >= 15 is 0 Å². The molecule has 0 spiro atoms. The van der Waals surface area contributed by atoms with Gasteiger partial charge in [-0.05, 0) is 29.7 Å². The van der Waals surface area contributed by atoms with Crippen molar-refractivity contribution in [3.05, 3.63) is 41.6 Å². The lowest BCUT2D eigenvalue weighted by molar-refractivity contribution is 0.0946. The van der Waals surface area contributed by atoms with Gasteiger partial charge in [0.1, 0.15) is 5.82 Å². The molecule has 0 saturated heterocycles. The average molecular weight is 362 g/mol. The number of hydrogen-bond acceptors (Lipinski definition) is 5. The molecule has 1 aromatic heterocycles. The zero-order valence-electron chi connectivity index (χ0n) is 11.5. The van der Waals surface area contributed by atoms with Gasteiger partial charge in [0.25, 0.3) is 5.91 Å². The minimum absolute atomic E-state index is 0.0655. The summed E-state index contributed by atoms with van der Waals surface area (Å²) >= 11 is 3.15. The Hall–Kier alpha value is -1.90. The summed E-state index contributed by atoms with van der Waals surface area (Å²) < 4.78 is 2.81. The Labute approximate surface area is 136 Å². The fraction of sp³-hybridized carbons (Fsp3) is 0.143. The van der Waals surface area contributed by atoms with Crippen LogP contribution in [-0.2, 0) is 6.42 Å². The molecule has 1 aromatic carbocycles. The van der Waals surface area contributed by atoms with Crippen LogP contribution in [0.3, 0.4) is 0 Å². The topological polar surface area (TPSA) is 94.5 Å². The second-order valence-corrected chi connectivity index (χ2v) is 5.41. The first kappa shape index (κ1) is 15.0. The second-order valence-electron chi connectivity index (χ2n) is 5.01. The van der Waals surface area contributed by atoms with Gasteiger partial charge in [0.05, 0.1) is 0 Å². The molecule has 22 heavy (non-hydrogen) atoms. The zero-order valence-corrected chi connectivity index (χ0v) is 13.1. The van der Waals surface area contributed by atoms with Gasteiger partial charge in [0, 0.05) is 45.5 Å². The zero-order chi connectivity index (χ0) is 15.7. The Balaban J connectivity index is 2.10. The summed E-state index contributed by atoms with van der Waals surface area (Å²) in [6, 6.07) is 7.19. The predicted molar refractivity (Wildman–Crippen MR) is 88.1 cm³/mol. The lowest BCUT2D eigenvalue weighted by Gasteiger charge is -2.18. The molecule has 3 rings (SSSR count). The maximum Gasteiger partial charge on any atom is 0.490 e. The number of pyridine rings is 1. The van der Waals surface area contributed by atoms with Crippen LogP contribution in [0.4, 0.5) is 5.82 Å². The number of halogens is 1. The van der Waals surface area contributed by atoms with Crippen LogP contribution in [0.5, 0.6) is 0 Å². The SMILES string of the molecule is O=C1NCCc2cc(-c3cc(B(O)O)cnc3NBr)ccc21. The third kappa shape index (κ3) is 2.72. The van der Waals surface area contributed by atoms with Gasteiger partial charge in [0.2, 0.25) is 0 Å². The Morgan fingerprint density at radius 2 is 2.09 bits per heavy atom. The van der Waals surface area contributed by atoms with E-state index in [1.54, 1.807) is 12.1 Å². The van der Waals surface area contributed by atoms with Gasteiger partial charge >= 0.3 is 7.12 Å². The molecule has 1 aliphatic rings. The quantitative estimate of drug-likeness (QED) is 0.470. The van der Waals surface area contributed by atoms with E-state index in [0.717, 1.165) is 23.1 Å². The standard InChI is InChI=1S/C14H13BBrN3O3/c16-19-13-12(6-10(7-18-13)15(21)22)8-1-2-11-9(5-8)3-4-17-14(11)20/h1-2,5-7,21-22H,3-4H2,(H,17,20)(H,18,19). The summed E-state index contributed by atoms with van der Waals surface area (Å²) in [5, 5.41) is 21.4. The Morgan fingerprint density at radius 3 is 2.82 bits per heavy atom. The van der Waals surface area contributed by atoms with Crippen molar-refractivity contribution in [3.8, 4) is 11.1 Å². The van der Waals surface area contributed by atoms with Crippen molar-refractivity contribution < 1.29 is 14.8 Å². The molecular formula is C14H13BBrN3O3. The van der Waals surface area contributed by atoms with E-state index < -0.39 is 7.12 Å². The molecule has 6 nitrogen and oxygen atoms in total. The maximum atomic E-state index is 11.8. The number of rotatable bonds is 3. The first-order chi connectivity index (χ1) is 10.6. The molecule has 112 valence electrons. The molecule has 0 unspecified atom stereocenters. The summed E-state index contributed by atoms with van der Waals surface area (Å²) in [4.78, 5) is 16.0. The van der Waals surface area contributed by atoms with E-state index in [4.69, 9.17) is 0 Å². The van der Waals surface area contributed by atoms with E-state index in [9.17, 15) is 14.8 Å². The molecular weight excluding hydrogens is 349 g/mol. The van der Waals surface area contributed by atoms with Crippen LogP contribution in [-0.4, -0.2) is 34.6 Å². The highest BCUT2D eigenvalue weighted by molar-refractivity contribution is 9.10. The minimum atomic E-state index is -1.58. The summed E-state index contributed by atoms with van der Waals surface area (Å²) in [6.07, 6.45) is 2.16. The number of amides is 1. The Bertz CT molecular complexity index is 739. The smallest absolute Gasteiger partial charge is 0.423 e. The molecule has 0 aliphatic carbocycles. The van der Waals surface area contributed by atoms with Crippen LogP contribution in [0, 0.1) is 0 Å². The lowest BCUT2D eigenvalue weighted by atomic mass is 9.80. The summed E-state index contributed by atoms with van der Waals surface area (Å²) in [7, 11) is -1.58. The number of nitrogens with zero attached hydrogens (tertiary/aromatic N) is 1. The second kappa shape index (κ2) is 6.08. The van der Waals surface area contributed by atoms with Crippen LogP contribution >= 0.6 is 16.1 Å². The number of fused-ring (bicyclic) bond motifs is 1. The number of nitrogens with one attached hydrogen (secondary N) is 2. The first-order valence-corrected chi connectivity index (χ1v) is 7.53. The van der Waals surface area contributed by atoms with Crippen molar-refractivity contribution in [3.63, 3.8) is 0 Å². The highest BCUT2D eigenvalue weighted by atomic mass is 79.9. The molecule has 8 heteroatoms. The molecule has 0 radical (unpaired) electrons. The van der Waals surface area contributed by atoms with Gasteiger partial charge in [-0.2, -0.15) is 0 Å². The molecule has 1 aliphatic heterocycles. The largest absolute Gasteiger partial charge is 0.490 e. The highest BCUT2D eigenvalue weighted by Crippen LogP contribution is 2.29. The van der Waals surface area contributed by atoms with E-state index in [0.29, 0.717) is 23.4 Å². The van der Waals surface area contributed by atoms with Crippen LogP contribution in [0.15, 0.2) is 30.5 Å². The molecule has 2 heterocycles. The monoisotopic (exact) mass is 361 g/mol. The summed E-state index contributed by atoms with van der Waals surface area (Å²) in [5.41, 5.74) is 3.52. The van der Waals surface area contributed by atoms with Crippen LogP contribution < -0.4 is 15.1 Å². The van der Waals surface area contributed by atoms with E-state index in [2.05, 4.69) is 30.8 Å². The fourth-order valence-electron chi connectivity index (χ4n) is 2.51. The Morgan fingerprint density at radius 1 is 1.27 bits per heavy atom. The number of carbonyl (C=O) groups is 1. The van der Waals surface area contributed by atoms with Crippen LogP contribution in [0.25, 0.3) is 11.1 Å². The first-order valence-electron chi connectivity index (χ1n) is 6.74. The molecule has 4 N–H and O–H groups in total. The maximum absolute atomic E-state index is 11.8. The third-order valence-corrected chi connectivity index (χ3v) is 4.01. The van der Waals surface area contributed by atoms with Gasteiger partial charge in [-0.15, -0.1) is 0 Å². The van der Waals surface area contributed by atoms with Gasteiger partial charge < -0.3 is 19.7 Å². The van der Waals surface area contributed by atoms with Crippen molar-refractivity contribution in [2.24, 2.45) is 0 Å². The molecule has 2 aromatic rings. The lowest BCUT2D eigenvalue weighted by Crippen LogP contribution is -2.31. The third-order valence-electron chi connectivity index (χ3n) is 3.64. The number of aromatic nitrogens is 1. The number of hydrogen-bond donors (Lipinski definition) is 4. The van der Waals surface area contributed by atoms with E-state index in [1.165, 1.54) is 6.20 Å². The van der Waals surface area contributed by atoms with Crippen molar-refractivity contribution >= 4 is 40.5 Å². The van der Waals surface area contributed by atoms with Gasteiger partial charge in [-0.25, -0.2) is 4.98 Å². The van der Waals surface area contributed by atoms with Crippen molar-refractivity contribution in [1.29, 1.82) is 0 Å². The summed E-state index contributed by atoms with van der Waals surface area (Å²) in [6.45, 7) is 0.618. The number of carbonyl (C=O) groups excluding carboxylic acids is 1. The van der Waals surface area contributed by atoms with Crippen LogP contribution in [0.2, 0.25) is 0 Å². The number of benzene rings is 1. The molecule has 0 saturated carbocycles. The van der Waals surface area contributed by atoms with Gasteiger partial charge in [-0.1, -0.05) is 12.1 Å². The molecule has 0 fully saturated rings. The molecule has 0 bridgehead atoms. The van der Waals surface area contributed by atoms with Crippen LogP contribution in [0.1, 0.15) is 15.9 Å². The van der Waals surface area contributed by atoms with E-state index in [-0.39, 0.29) is 5.91 Å². The van der Waals surface area contributed by atoms with Crippen molar-refractivity contribution in [1.82, 2.24) is 10.3 Å². The van der Waals surface area contributed by atoms with Crippen molar-refractivity contribution in [2.45, 2.75) is 6.42 Å². The van der Waals surface area contributed by atoms with Gasteiger partial charge in [-0.3, -0.25) is 4.79 Å². The molecule has 0 atom stereocenters. The fourth-order valence-corrected chi connectivity index (χ4v) is 2.83.